The second-order valence-electron chi connectivity index (χ2n) is 5.30. The highest BCUT2D eigenvalue weighted by Crippen LogP contribution is 2.32. The lowest BCUT2D eigenvalue weighted by Crippen LogP contribution is -2.43. The number of methoxy groups -OCH3 is 2. The zero-order valence-corrected chi connectivity index (χ0v) is 12.7. The molecule has 0 unspecified atom stereocenters. The van der Waals surface area contributed by atoms with Crippen molar-refractivity contribution in [2.75, 3.05) is 34.4 Å². The lowest BCUT2D eigenvalue weighted by Gasteiger charge is -2.25. The second kappa shape index (κ2) is 6.99. The van der Waals surface area contributed by atoms with E-state index in [0.29, 0.717) is 6.61 Å². The van der Waals surface area contributed by atoms with Crippen molar-refractivity contribution in [2.24, 2.45) is 0 Å². The van der Waals surface area contributed by atoms with Crippen LogP contribution >= 0.6 is 0 Å². The van der Waals surface area contributed by atoms with Crippen LogP contribution < -0.4 is 0 Å². The van der Waals surface area contributed by atoms with E-state index in [1.807, 2.05) is 0 Å². The molecule has 2 aliphatic heterocycles. The number of cyclic esters (lactones) is 1. The van der Waals surface area contributed by atoms with Crippen LogP contribution in [0, 0.1) is 0 Å². The molecule has 122 valence electrons. The van der Waals surface area contributed by atoms with E-state index in [1.165, 1.54) is 14.2 Å². The maximum atomic E-state index is 12.0. The fourth-order valence-corrected chi connectivity index (χ4v) is 2.37. The number of hydrogen-bond acceptors (Lipinski definition) is 8. The summed E-state index contributed by atoms with van der Waals surface area (Å²) >= 11 is 0. The Morgan fingerprint density at radius 2 is 1.86 bits per heavy atom. The predicted molar refractivity (Wildman–Crippen MR) is 68.3 cm³/mol. The third-order valence-electron chi connectivity index (χ3n) is 3.25. The number of esters is 1. The van der Waals surface area contributed by atoms with E-state index in [9.17, 15) is 4.79 Å². The van der Waals surface area contributed by atoms with Crippen molar-refractivity contribution < 1.29 is 38.0 Å². The van der Waals surface area contributed by atoms with E-state index in [1.54, 1.807) is 13.8 Å². The van der Waals surface area contributed by atoms with Crippen molar-refractivity contribution in [3.8, 4) is 0 Å². The van der Waals surface area contributed by atoms with Gasteiger partial charge in [-0.15, -0.1) is 0 Å². The molecule has 0 N–H and O–H groups in total. The molecule has 21 heavy (non-hydrogen) atoms. The molecule has 2 fully saturated rings. The lowest BCUT2D eigenvalue weighted by molar-refractivity contribution is -0.178. The molecule has 0 aromatic heterocycles. The van der Waals surface area contributed by atoms with E-state index in [2.05, 4.69) is 0 Å². The van der Waals surface area contributed by atoms with Crippen LogP contribution in [0.3, 0.4) is 0 Å². The highest BCUT2D eigenvalue weighted by molar-refractivity contribution is 5.78. The largest absolute Gasteiger partial charge is 0.455 e. The minimum atomic E-state index is -0.877. The Morgan fingerprint density at radius 3 is 2.43 bits per heavy atom. The molecule has 0 spiro atoms. The summed E-state index contributed by atoms with van der Waals surface area (Å²) in [6, 6.07) is 0. The van der Waals surface area contributed by atoms with Crippen molar-refractivity contribution in [1.82, 2.24) is 0 Å². The molecule has 0 saturated carbocycles. The Hall–Kier alpha value is -0.770. The van der Waals surface area contributed by atoms with E-state index in [-0.39, 0.29) is 13.6 Å². The van der Waals surface area contributed by atoms with Gasteiger partial charge in [0.2, 0.25) is 0 Å². The van der Waals surface area contributed by atoms with Crippen LogP contribution in [-0.2, 0) is 38.0 Å². The van der Waals surface area contributed by atoms with E-state index in [0.717, 1.165) is 0 Å². The summed E-state index contributed by atoms with van der Waals surface area (Å²) in [5, 5.41) is 0. The summed E-state index contributed by atoms with van der Waals surface area (Å²) in [7, 11) is 2.97. The van der Waals surface area contributed by atoms with Crippen LogP contribution in [-0.4, -0.2) is 70.6 Å². The van der Waals surface area contributed by atoms with Crippen molar-refractivity contribution in [2.45, 2.75) is 44.1 Å². The highest BCUT2D eigenvalue weighted by atomic mass is 16.8. The number of carbonyl (C=O) groups is 1. The summed E-state index contributed by atoms with van der Waals surface area (Å²) in [6.07, 6.45) is -2.55. The summed E-state index contributed by atoms with van der Waals surface area (Å²) < 4.78 is 37.2. The standard InChI is InChI=1S/C13H22O8/c1-13(2)19-5-8(21-13)9-10(17-6-15-3)11(12(14)20-9)18-7-16-4/h8-11H,5-7H2,1-4H3/t8-,9-,10-,11+/m0/s1. The molecule has 2 saturated heterocycles. The first-order valence-electron chi connectivity index (χ1n) is 6.72. The maximum Gasteiger partial charge on any atom is 0.338 e. The maximum absolute atomic E-state index is 12.0. The Bertz CT molecular complexity index is 358. The second-order valence-corrected chi connectivity index (χ2v) is 5.30. The van der Waals surface area contributed by atoms with Gasteiger partial charge in [-0.25, -0.2) is 4.79 Å². The topological polar surface area (TPSA) is 81.7 Å². The summed E-state index contributed by atoms with van der Waals surface area (Å²) in [5.74, 6) is -1.22. The minimum Gasteiger partial charge on any atom is -0.455 e. The fourth-order valence-electron chi connectivity index (χ4n) is 2.37. The van der Waals surface area contributed by atoms with Gasteiger partial charge < -0.3 is 33.2 Å². The molecular formula is C13H22O8. The Labute approximate surface area is 123 Å². The van der Waals surface area contributed by atoms with Crippen molar-refractivity contribution in [3.63, 3.8) is 0 Å². The van der Waals surface area contributed by atoms with Gasteiger partial charge in [0.25, 0.3) is 0 Å². The van der Waals surface area contributed by atoms with Crippen LogP contribution in [0.2, 0.25) is 0 Å². The molecule has 2 heterocycles. The van der Waals surface area contributed by atoms with Gasteiger partial charge in [-0.05, 0) is 13.8 Å². The average molecular weight is 306 g/mol. The zero-order valence-electron chi connectivity index (χ0n) is 12.7. The first kappa shape index (κ1) is 16.6. The minimum absolute atomic E-state index is 0.0155. The van der Waals surface area contributed by atoms with Crippen LogP contribution in [0.4, 0.5) is 0 Å². The van der Waals surface area contributed by atoms with E-state index >= 15 is 0 Å². The Morgan fingerprint density at radius 1 is 1.19 bits per heavy atom. The van der Waals surface area contributed by atoms with Crippen LogP contribution in [0.5, 0.6) is 0 Å². The molecule has 0 aliphatic carbocycles. The SMILES string of the molecule is COCO[C@H]1[C@H]([C@@H]2COC(C)(C)O2)OC(=O)[C@@H]1OCOC. The number of rotatable bonds is 7. The first-order chi connectivity index (χ1) is 9.98. The Kier molecular flexibility index (Phi) is 5.53. The van der Waals surface area contributed by atoms with Crippen molar-refractivity contribution in [3.05, 3.63) is 0 Å². The molecule has 2 rings (SSSR count). The van der Waals surface area contributed by atoms with Crippen LogP contribution in [0.15, 0.2) is 0 Å². The van der Waals surface area contributed by atoms with E-state index < -0.39 is 36.2 Å². The summed E-state index contributed by atoms with van der Waals surface area (Å²) in [5.41, 5.74) is 0. The monoisotopic (exact) mass is 306 g/mol. The molecule has 8 nitrogen and oxygen atoms in total. The van der Waals surface area contributed by atoms with Crippen LogP contribution in [0.1, 0.15) is 13.8 Å². The van der Waals surface area contributed by atoms with Crippen LogP contribution in [0.25, 0.3) is 0 Å². The fraction of sp³-hybridized carbons (Fsp3) is 0.923. The number of ether oxygens (including phenoxy) is 7. The molecule has 0 amide bonds. The van der Waals surface area contributed by atoms with Gasteiger partial charge in [0, 0.05) is 14.2 Å². The normalized spacial score (nSPS) is 35.1. The summed E-state index contributed by atoms with van der Waals surface area (Å²) in [6.45, 7) is 3.89. The molecule has 4 atom stereocenters. The van der Waals surface area contributed by atoms with Gasteiger partial charge in [0.05, 0.1) is 6.61 Å². The van der Waals surface area contributed by atoms with Gasteiger partial charge >= 0.3 is 5.97 Å². The quantitative estimate of drug-likeness (QED) is 0.482. The molecule has 0 bridgehead atoms. The summed E-state index contributed by atoms with van der Waals surface area (Å²) in [4.78, 5) is 12.0. The lowest BCUT2D eigenvalue weighted by atomic mass is 10.1. The predicted octanol–water partition coefficient (Wildman–Crippen LogP) is 0.0415. The number of hydrogen-bond donors (Lipinski definition) is 0. The first-order valence-corrected chi connectivity index (χ1v) is 6.72. The Balaban J connectivity index is 2.06. The smallest absolute Gasteiger partial charge is 0.338 e. The number of carbonyl (C=O) groups excluding carboxylic acids is 1. The molecule has 8 heteroatoms. The van der Waals surface area contributed by atoms with Crippen molar-refractivity contribution >= 4 is 5.97 Å². The third kappa shape index (κ3) is 3.91. The molecule has 0 aromatic carbocycles. The molecular weight excluding hydrogens is 284 g/mol. The van der Waals surface area contributed by atoms with Crippen molar-refractivity contribution in [1.29, 1.82) is 0 Å². The van der Waals surface area contributed by atoms with Gasteiger partial charge in [0.15, 0.2) is 18.0 Å². The van der Waals surface area contributed by atoms with Gasteiger partial charge in [-0.1, -0.05) is 0 Å². The molecule has 2 aliphatic rings. The third-order valence-corrected chi connectivity index (χ3v) is 3.25. The van der Waals surface area contributed by atoms with Gasteiger partial charge in [-0.2, -0.15) is 0 Å². The molecule has 0 aromatic rings. The highest BCUT2D eigenvalue weighted by Gasteiger charge is 2.53. The average Bonchev–Trinajstić information content (AvgIpc) is 2.94. The van der Waals surface area contributed by atoms with Gasteiger partial charge in [0.1, 0.15) is 25.8 Å². The zero-order chi connectivity index (χ0) is 15.5. The van der Waals surface area contributed by atoms with E-state index in [4.69, 9.17) is 33.2 Å². The van der Waals surface area contributed by atoms with Gasteiger partial charge in [-0.3, -0.25) is 0 Å². The molecule has 0 radical (unpaired) electrons.